The van der Waals surface area contributed by atoms with Crippen molar-refractivity contribution in [2.24, 2.45) is 9.98 Å². The standard InChI is InChI=1S/C8H11ClN2/c1-4-11-7(2)5-6-8(9)10-3/h4-6H,1H2,2-3H3/b6-5-,10-8+,11-7+. The average Bonchev–Trinajstić information content (AvgIpc) is 2.01. The van der Waals surface area contributed by atoms with Gasteiger partial charge in [-0.15, -0.1) is 0 Å². The van der Waals surface area contributed by atoms with Crippen LogP contribution in [0, 0.1) is 0 Å². The summed E-state index contributed by atoms with van der Waals surface area (Å²) in [7, 11) is 1.63. The minimum atomic E-state index is 0.462. The SMILES string of the molecule is C=C/N=C(C)/C=C\C(Cl)=N/C. The Bertz CT molecular complexity index is 214. The van der Waals surface area contributed by atoms with Crippen LogP contribution in [0.25, 0.3) is 0 Å². The van der Waals surface area contributed by atoms with Crippen LogP contribution in [0.4, 0.5) is 0 Å². The van der Waals surface area contributed by atoms with E-state index in [0.29, 0.717) is 5.17 Å². The molecule has 0 aliphatic carbocycles. The summed E-state index contributed by atoms with van der Waals surface area (Å²) in [5.41, 5.74) is 0.849. The molecule has 0 aromatic rings. The molecule has 0 heterocycles. The Hall–Kier alpha value is -0.890. The topological polar surface area (TPSA) is 24.7 Å². The van der Waals surface area contributed by atoms with Gasteiger partial charge >= 0.3 is 0 Å². The number of rotatable bonds is 3. The van der Waals surface area contributed by atoms with Crippen molar-refractivity contribution in [1.29, 1.82) is 0 Å². The Labute approximate surface area is 72.0 Å². The van der Waals surface area contributed by atoms with Gasteiger partial charge in [-0.25, -0.2) is 0 Å². The largest absolute Gasteiger partial charge is 0.277 e. The van der Waals surface area contributed by atoms with Crippen LogP contribution >= 0.6 is 11.6 Å². The van der Waals surface area contributed by atoms with Crippen molar-refractivity contribution in [3.63, 3.8) is 0 Å². The van der Waals surface area contributed by atoms with Crippen molar-refractivity contribution in [3.8, 4) is 0 Å². The normalized spacial score (nSPS) is 14.1. The molecule has 60 valence electrons. The van der Waals surface area contributed by atoms with E-state index in [0.717, 1.165) is 5.71 Å². The van der Waals surface area contributed by atoms with Gasteiger partial charge in [-0.2, -0.15) is 0 Å². The Kier molecular flexibility index (Phi) is 5.39. The van der Waals surface area contributed by atoms with Crippen LogP contribution in [-0.4, -0.2) is 17.9 Å². The zero-order chi connectivity index (χ0) is 8.69. The highest BCUT2D eigenvalue weighted by atomic mass is 35.5. The van der Waals surface area contributed by atoms with E-state index >= 15 is 0 Å². The Balaban J connectivity index is 4.13. The third-order valence-corrected chi connectivity index (χ3v) is 1.27. The summed E-state index contributed by atoms with van der Waals surface area (Å²) in [6, 6.07) is 0. The summed E-state index contributed by atoms with van der Waals surface area (Å²) < 4.78 is 0. The van der Waals surface area contributed by atoms with Gasteiger partial charge < -0.3 is 0 Å². The zero-order valence-electron chi connectivity index (χ0n) is 6.71. The van der Waals surface area contributed by atoms with Gasteiger partial charge in [-0.05, 0) is 19.1 Å². The fourth-order valence-corrected chi connectivity index (χ4v) is 0.514. The van der Waals surface area contributed by atoms with Gasteiger partial charge in [-0.3, -0.25) is 9.98 Å². The van der Waals surface area contributed by atoms with E-state index in [4.69, 9.17) is 11.6 Å². The second-order valence-electron chi connectivity index (χ2n) is 1.83. The lowest BCUT2D eigenvalue weighted by atomic mass is 10.4. The van der Waals surface area contributed by atoms with Gasteiger partial charge in [0.25, 0.3) is 0 Å². The maximum absolute atomic E-state index is 5.59. The van der Waals surface area contributed by atoms with Crippen LogP contribution in [0.15, 0.2) is 34.9 Å². The molecule has 11 heavy (non-hydrogen) atoms. The second-order valence-corrected chi connectivity index (χ2v) is 2.22. The van der Waals surface area contributed by atoms with E-state index in [-0.39, 0.29) is 0 Å². The highest BCUT2D eigenvalue weighted by Gasteiger charge is 1.83. The highest BCUT2D eigenvalue weighted by molar-refractivity contribution is 6.68. The van der Waals surface area contributed by atoms with Crippen molar-refractivity contribution in [3.05, 3.63) is 24.9 Å². The maximum atomic E-state index is 5.59. The predicted molar refractivity (Wildman–Crippen MR) is 51.7 cm³/mol. The predicted octanol–water partition coefficient (Wildman–Crippen LogP) is 2.41. The molecule has 0 bridgehead atoms. The summed E-state index contributed by atoms with van der Waals surface area (Å²) in [4.78, 5) is 7.65. The number of aliphatic imine (C=N–C) groups is 2. The van der Waals surface area contributed by atoms with E-state index in [1.807, 2.05) is 6.92 Å². The van der Waals surface area contributed by atoms with E-state index in [1.54, 1.807) is 19.2 Å². The molecule has 0 atom stereocenters. The quantitative estimate of drug-likeness (QED) is 0.582. The minimum absolute atomic E-state index is 0.462. The number of halogens is 1. The summed E-state index contributed by atoms with van der Waals surface area (Å²) in [6.45, 7) is 5.32. The first kappa shape index (κ1) is 10.1. The van der Waals surface area contributed by atoms with Gasteiger partial charge in [-0.1, -0.05) is 18.2 Å². The molecular formula is C8H11ClN2. The molecular weight excluding hydrogens is 160 g/mol. The molecule has 0 aliphatic rings. The van der Waals surface area contributed by atoms with Crippen LogP contribution < -0.4 is 0 Å². The third kappa shape index (κ3) is 5.55. The van der Waals surface area contributed by atoms with Crippen molar-refractivity contribution in [2.75, 3.05) is 7.05 Å². The van der Waals surface area contributed by atoms with Crippen LogP contribution in [0.3, 0.4) is 0 Å². The molecule has 0 radical (unpaired) electrons. The van der Waals surface area contributed by atoms with E-state index in [1.165, 1.54) is 6.20 Å². The number of hydrogen-bond acceptors (Lipinski definition) is 2. The summed E-state index contributed by atoms with van der Waals surface area (Å²) in [6.07, 6.45) is 4.94. The first-order chi connectivity index (χ1) is 5.20. The summed E-state index contributed by atoms with van der Waals surface area (Å²) >= 11 is 5.59. The first-order valence-corrected chi connectivity index (χ1v) is 3.54. The van der Waals surface area contributed by atoms with Gasteiger partial charge in [0.15, 0.2) is 0 Å². The molecule has 0 aliphatic heterocycles. The van der Waals surface area contributed by atoms with E-state index in [2.05, 4.69) is 16.6 Å². The summed E-state index contributed by atoms with van der Waals surface area (Å²) in [5, 5.41) is 0.462. The molecule has 0 spiro atoms. The van der Waals surface area contributed by atoms with E-state index < -0.39 is 0 Å². The molecule has 0 N–H and O–H groups in total. The molecule has 0 unspecified atom stereocenters. The Morgan fingerprint density at radius 1 is 1.45 bits per heavy atom. The van der Waals surface area contributed by atoms with Crippen LogP contribution in [0.1, 0.15) is 6.92 Å². The zero-order valence-corrected chi connectivity index (χ0v) is 7.47. The van der Waals surface area contributed by atoms with Crippen molar-refractivity contribution in [1.82, 2.24) is 0 Å². The smallest absolute Gasteiger partial charge is 0.123 e. The fourth-order valence-electron chi connectivity index (χ4n) is 0.451. The van der Waals surface area contributed by atoms with Crippen LogP contribution in [0.2, 0.25) is 0 Å². The summed E-state index contributed by atoms with van der Waals surface area (Å²) in [5.74, 6) is 0. The molecule has 0 fully saturated rings. The van der Waals surface area contributed by atoms with Gasteiger partial charge in [0.1, 0.15) is 5.17 Å². The molecule has 0 saturated heterocycles. The van der Waals surface area contributed by atoms with Crippen molar-refractivity contribution >= 4 is 22.5 Å². The number of allylic oxidation sites excluding steroid dienone is 2. The lowest BCUT2D eigenvalue weighted by Crippen LogP contribution is -1.85. The minimum Gasteiger partial charge on any atom is -0.277 e. The number of nitrogens with zero attached hydrogens (tertiary/aromatic N) is 2. The van der Waals surface area contributed by atoms with Gasteiger partial charge in [0, 0.05) is 19.0 Å². The van der Waals surface area contributed by atoms with Crippen LogP contribution in [0.5, 0.6) is 0 Å². The third-order valence-electron chi connectivity index (χ3n) is 0.971. The first-order valence-electron chi connectivity index (χ1n) is 3.16. The highest BCUT2D eigenvalue weighted by Crippen LogP contribution is 1.89. The molecule has 0 aromatic carbocycles. The van der Waals surface area contributed by atoms with E-state index in [9.17, 15) is 0 Å². The number of hydrogen-bond donors (Lipinski definition) is 0. The Morgan fingerprint density at radius 2 is 2.09 bits per heavy atom. The van der Waals surface area contributed by atoms with Crippen LogP contribution in [-0.2, 0) is 0 Å². The molecule has 0 rings (SSSR count). The Morgan fingerprint density at radius 3 is 2.55 bits per heavy atom. The molecule has 3 heteroatoms. The molecule has 0 amide bonds. The van der Waals surface area contributed by atoms with Crippen molar-refractivity contribution < 1.29 is 0 Å². The van der Waals surface area contributed by atoms with Gasteiger partial charge in [0.2, 0.25) is 0 Å². The van der Waals surface area contributed by atoms with Gasteiger partial charge in [0.05, 0.1) is 0 Å². The monoisotopic (exact) mass is 170 g/mol. The second kappa shape index (κ2) is 5.86. The maximum Gasteiger partial charge on any atom is 0.123 e. The molecule has 0 aromatic heterocycles. The molecule has 2 nitrogen and oxygen atoms in total. The van der Waals surface area contributed by atoms with Crippen molar-refractivity contribution in [2.45, 2.75) is 6.92 Å². The molecule has 0 saturated carbocycles. The average molecular weight is 171 g/mol. The lowest BCUT2D eigenvalue weighted by Gasteiger charge is -1.86. The fraction of sp³-hybridized carbons (Fsp3) is 0.250. The lowest BCUT2D eigenvalue weighted by molar-refractivity contribution is 1.47.